The predicted octanol–water partition coefficient (Wildman–Crippen LogP) is 11.8. The van der Waals surface area contributed by atoms with Crippen LogP contribution in [0, 0.1) is 0 Å². The van der Waals surface area contributed by atoms with Gasteiger partial charge in [-0.2, -0.15) is 0 Å². The summed E-state index contributed by atoms with van der Waals surface area (Å²) in [5.74, 6) is 0. The van der Waals surface area contributed by atoms with Gasteiger partial charge in [0.05, 0.1) is 0 Å². The Balaban J connectivity index is 1.92. The molecule has 0 saturated heterocycles. The van der Waals surface area contributed by atoms with E-state index in [0.29, 0.717) is 20.1 Å². The van der Waals surface area contributed by atoms with Crippen molar-refractivity contribution in [2.75, 3.05) is 0 Å². The van der Waals surface area contributed by atoms with E-state index in [1.807, 2.05) is 48.2 Å². The van der Waals surface area contributed by atoms with Gasteiger partial charge in [0.15, 0.2) is 0 Å². The van der Waals surface area contributed by atoms with Gasteiger partial charge < -0.3 is 0 Å². The minimum Gasteiger partial charge on any atom is -0.144 e. The Bertz CT molecular complexity index is 1250. The van der Waals surface area contributed by atoms with Crippen molar-refractivity contribution in [1.82, 2.24) is 0 Å². The van der Waals surface area contributed by atoms with E-state index < -0.39 is 0 Å². The van der Waals surface area contributed by atoms with Gasteiger partial charge in [0, 0.05) is 41.4 Å². The molecule has 0 heterocycles. The van der Waals surface area contributed by atoms with Crippen LogP contribution in [0.25, 0.3) is 0 Å². The van der Waals surface area contributed by atoms with Crippen LogP contribution in [0.5, 0.6) is 0 Å². The van der Waals surface area contributed by atoms with E-state index >= 15 is 0 Å². The van der Waals surface area contributed by atoms with E-state index in [-0.39, 0.29) is 21.3 Å². The molecule has 0 nitrogen and oxygen atoms in total. The quantitative estimate of drug-likeness (QED) is 0.197. The molecule has 0 spiro atoms. The van der Waals surface area contributed by atoms with E-state index in [9.17, 15) is 0 Å². The van der Waals surface area contributed by atoms with Crippen molar-refractivity contribution < 1.29 is 0 Å². The van der Waals surface area contributed by atoms with Crippen LogP contribution >= 0.6 is 58.2 Å². The summed E-state index contributed by atoms with van der Waals surface area (Å²) in [5.41, 5.74) is 4.02. The molecule has 4 rings (SSSR count). The van der Waals surface area contributed by atoms with Crippen molar-refractivity contribution >= 4 is 58.2 Å². The summed E-state index contributed by atoms with van der Waals surface area (Å²) in [5, 5.41) is 2.53. The Morgan fingerprint density at radius 1 is 0.514 bits per heavy atom. The summed E-state index contributed by atoms with van der Waals surface area (Å²) in [6.07, 6.45) is 0. The average Bonchev–Trinajstić information content (AvgIpc) is 2.87. The van der Waals surface area contributed by atoms with Gasteiger partial charge >= 0.3 is 0 Å². The van der Waals surface area contributed by atoms with Crippen LogP contribution in [0.4, 0.5) is 0 Å². The Kier molecular flexibility index (Phi) is 8.94. The number of thioether (sulfide) groups is 1. The van der Waals surface area contributed by atoms with Crippen molar-refractivity contribution in [3.05, 3.63) is 139 Å². The fourth-order valence-electron chi connectivity index (χ4n) is 4.87. The summed E-state index contributed by atoms with van der Waals surface area (Å²) in [7, 11) is 0. The fraction of sp³-hybridized carbons (Fsp3) is 0.250. The highest BCUT2D eigenvalue weighted by Gasteiger charge is 2.42. The molecular formula is C32H30Cl4S. The first kappa shape index (κ1) is 28.4. The SMILES string of the molecule is CC(C)(c1ccccc1)C(SC(c1ccc(Cl)cc1Cl)C(C)(C)c1ccccc1)c1ccc(Cl)cc1Cl. The zero-order chi connectivity index (χ0) is 26.8. The molecule has 0 aliphatic rings. The second-order valence-electron chi connectivity index (χ2n) is 10.4. The largest absolute Gasteiger partial charge is 0.144 e. The maximum Gasteiger partial charge on any atom is 0.0464 e. The molecule has 0 amide bonds. The van der Waals surface area contributed by atoms with Gasteiger partial charge in [-0.1, -0.05) is 147 Å². The summed E-state index contributed by atoms with van der Waals surface area (Å²) in [4.78, 5) is 0. The van der Waals surface area contributed by atoms with Gasteiger partial charge in [-0.15, -0.1) is 11.8 Å². The van der Waals surface area contributed by atoms with Crippen LogP contribution in [0.3, 0.4) is 0 Å². The number of halogens is 4. The lowest BCUT2D eigenvalue weighted by atomic mass is 9.78. The average molecular weight is 588 g/mol. The lowest BCUT2D eigenvalue weighted by molar-refractivity contribution is 0.485. The van der Waals surface area contributed by atoms with Crippen molar-refractivity contribution in [3.63, 3.8) is 0 Å². The van der Waals surface area contributed by atoms with E-state index in [2.05, 4.69) is 88.4 Å². The predicted molar refractivity (Wildman–Crippen MR) is 165 cm³/mol. The van der Waals surface area contributed by atoms with Crippen LogP contribution in [-0.2, 0) is 10.8 Å². The summed E-state index contributed by atoms with van der Waals surface area (Å²) < 4.78 is 0. The molecule has 5 heteroatoms. The van der Waals surface area contributed by atoms with Gasteiger partial charge in [-0.25, -0.2) is 0 Å². The van der Waals surface area contributed by atoms with E-state index in [1.54, 1.807) is 0 Å². The van der Waals surface area contributed by atoms with Gasteiger partial charge in [0.25, 0.3) is 0 Å². The highest BCUT2D eigenvalue weighted by molar-refractivity contribution is 7.99. The van der Waals surface area contributed by atoms with Crippen molar-refractivity contribution in [2.45, 2.75) is 49.0 Å². The maximum absolute atomic E-state index is 6.89. The third-order valence-electron chi connectivity index (χ3n) is 7.11. The zero-order valence-electron chi connectivity index (χ0n) is 21.3. The van der Waals surface area contributed by atoms with Gasteiger partial charge in [-0.3, -0.25) is 0 Å². The fourth-order valence-corrected chi connectivity index (χ4v) is 7.96. The molecular weight excluding hydrogens is 558 g/mol. The topological polar surface area (TPSA) is 0 Å². The summed E-state index contributed by atoms with van der Waals surface area (Å²) in [6.45, 7) is 9.12. The maximum atomic E-state index is 6.89. The zero-order valence-corrected chi connectivity index (χ0v) is 25.2. The molecule has 37 heavy (non-hydrogen) atoms. The number of benzene rings is 4. The lowest BCUT2D eigenvalue weighted by Gasteiger charge is -2.42. The van der Waals surface area contributed by atoms with E-state index in [0.717, 1.165) is 11.1 Å². The molecule has 2 atom stereocenters. The van der Waals surface area contributed by atoms with Crippen LogP contribution in [-0.4, -0.2) is 0 Å². The molecule has 0 N–H and O–H groups in total. The van der Waals surface area contributed by atoms with Gasteiger partial charge in [0.2, 0.25) is 0 Å². The molecule has 0 fully saturated rings. The molecule has 2 unspecified atom stereocenters. The smallest absolute Gasteiger partial charge is 0.0464 e. The van der Waals surface area contributed by atoms with Crippen molar-refractivity contribution in [2.24, 2.45) is 0 Å². The van der Waals surface area contributed by atoms with E-state index in [1.165, 1.54) is 11.1 Å². The molecule has 4 aromatic rings. The van der Waals surface area contributed by atoms with Crippen molar-refractivity contribution in [1.29, 1.82) is 0 Å². The van der Waals surface area contributed by atoms with Gasteiger partial charge in [-0.05, 0) is 46.5 Å². The first-order valence-electron chi connectivity index (χ1n) is 12.2. The van der Waals surface area contributed by atoms with Crippen molar-refractivity contribution in [3.8, 4) is 0 Å². The Morgan fingerprint density at radius 3 is 1.19 bits per heavy atom. The highest BCUT2D eigenvalue weighted by atomic mass is 35.5. The molecule has 0 aliphatic heterocycles. The van der Waals surface area contributed by atoms with Gasteiger partial charge in [0.1, 0.15) is 0 Å². The molecule has 0 bridgehead atoms. The third-order valence-corrected chi connectivity index (χ3v) is 10.5. The van der Waals surface area contributed by atoms with Crippen LogP contribution < -0.4 is 0 Å². The summed E-state index contributed by atoms with van der Waals surface area (Å²) in [6, 6.07) is 32.8. The summed E-state index contributed by atoms with van der Waals surface area (Å²) >= 11 is 28.3. The minimum absolute atomic E-state index is 0.0144. The molecule has 0 aliphatic carbocycles. The van der Waals surface area contributed by atoms with Crippen LogP contribution in [0.15, 0.2) is 97.1 Å². The third kappa shape index (κ3) is 6.18. The normalized spacial score (nSPS) is 13.8. The Morgan fingerprint density at radius 2 is 0.865 bits per heavy atom. The van der Waals surface area contributed by atoms with Crippen LogP contribution in [0.1, 0.15) is 60.4 Å². The Hall–Kier alpha value is -1.61. The molecule has 192 valence electrons. The standard InChI is InChI=1S/C32H30Cl4S/c1-31(2,21-11-7-5-8-12-21)29(25-17-15-23(33)19-27(25)35)37-30(26-18-16-24(34)20-28(26)36)32(3,4)22-13-9-6-10-14-22/h5-20,29-30H,1-4H3. The molecule has 0 saturated carbocycles. The number of hydrogen-bond acceptors (Lipinski definition) is 1. The lowest BCUT2D eigenvalue weighted by Crippen LogP contribution is -2.31. The number of rotatable bonds is 8. The second kappa shape index (κ2) is 11.6. The Labute approximate surface area is 245 Å². The molecule has 0 aromatic heterocycles. The first-order valence-corrected chi connectivity index (χ1v) is 14.6. The van der Waals surface area contributed by atoms with E-state index in [4.69, 9.17) is 46.4 Å². The monoisotopic (exact) mass is 586 g/mol. The molecule has 4 aromatic carbocycles. The van der Waals surface area contributed by atoms with Crippen LogP contribution in [0.2, 0.25) is 20.1 Å². The molecule has 0 radical (unpaired) electrons. The first-order chi connectivity index (χ1) is 17.5. The highest BCUT2D eigenvalue weighted by Crippen LogP contribution is 2.58. The minimum atomic E-state index is -0.271. The number of hydrogen-bond donors (Lipinski definition) is 0. The second-order valence-corrected chi connectivity index (χ2v) is 13.3.